The zero-order chi connectivity index (χ0) is 9.64. The normalized spacial score (nSPS) is 21.3. The van der Waals surface area contributed by atoms with Crippen molar-refractivity contribution >= 4 is 0 Å². The first kappa shape index (κ1) is 9.65. The number of hydrogen-bond acceptors (Lipinski definition) is 3. The lowest BCUT2D eigenvalue weighted by molar-refractivity contribution is 0.000613. The van der Waals surface area contributed by atoms with Gasteiger partial charge < -0.3 is 14.2 Å². The molecule has 1 saturated heterocycles. The third kappa shape index (κ3) is 2.80. The van der Waals surface area contributed by atoms with Crippen molar-refractivity contribution in [3.8, 4) is 0 Å². The molecule has 0 spiro atoms. The summed E-state index contributed by atoms with van der Waals surface area (Å²) in [7, 11) is 0. The van der Waals surface area contributed by atoms with Crippen LogP contribution < -0.4 is 0 Å². The quantitative estimate of drug-likeness (QED) is 0.728. The van der Waals surface area contributed by atoms with Crippen molar-refractivity contribution in [1.82, 2.24) is 0 Å². The molecule has 1 atom stereocenters. The Balaban J connectivity index is 1.67. The highest BCUT2D eigenvalue weighted by Crippen LogP contribution is 2.05. The first-order valence-corrected chi connectivity index (χ1v) is 4.76. The molecule has 1 heterocycles. The van der Waals surface area contributed by atoms with Gasteiger partial charge in [-0.05, 0) is 5.56 Å². The second kappa shape index (κ2) is 5.10. The van der Waals surface area contributed by atoms with Crippen molar-refractivity contribution in [2.75, 3.05) is 20.0 Å². The second-order valence-corrected chi connectivity index (χ2v) is 3.28. The Morgan fingerprint density at radius 1 is 1.29 bits per heavy atom. The smallest absolute Gasteiger partial charge is 0.147 e. The minimum atomic E-state index is 0.110. The van der Waals surface area contributed by atoms with E-state index in [9.17, 15) is 0 Å². The van der Waals surface area contributed by atoms with Crippen molar-refractivity contribution < 1.29 is 14.2 Å². The monoisotopic (exact) mass is 194 g/mol. The van der Waals surface area contributed by atoms with Gasteiger partial charge in [-0.3, -0.25) is 0 Å². The molecular formula is C11H14O3. The molecule has 1 fully saturated rings. The summed E-state index contributed by atoms with van der Waals surface area (Å²) in [6.45, 7) is 2.30. The molecule has 1 aliphatic heterocycles. The molecule has 0 amide bonds. The highest BCUT2D eigenvalue weighted by Gasteiger charge is 2.15. The molecule has 0 bridgehead atoms. The summed E-state index contributed by atoms with van der Waals surface area (Å²) in [5, 5.41) is 0. The summed E-state index contributed by atoms with van der Waals surface area (Å²) >= 11 is 0. The van der Waals surface area contributed by atoms with Gasteiger partial charge in [0.05, 0.1) is 19.8 Å². The van der Waals surface area contributed by atoms with Crippen LogP contribution in [0.1, 0.15) is 5.56 Å². The van der Waals surface area contributed by atoms with Crippen LogP contribution in [0.4, 0.5) is 0 Å². The molecule has 0 saturated carbocycles. The molecule has 1 unspecified atom stereocenters. The molecule has 0 aromatic heterocycles. The molecule has 1 aromatic rings. The Morgan fingerprint density at radius 3 is 2.86 bits per heavy atom. The van der Waals surface area contributed by atoms with Gasteiger partial charge in [0, 0.05) is 0 Å². The van der Waals surface area contributed by atoms with E-state index in [1.165, 1.54) is 5.56 Å². The summed E-state index contributed by atoms with van der Waals surface area (Å²) in [6, 6.07) is 10.1. The van der Waals surface area contributed by atoms with Gasteiger partial charge in [0.25, 0.3) is 0 Å². The molecule has 3 nitrogen and oxygen atoms in total. The predicted molar refractivity (Wildman–Crippen MR) is 51.8 cm³/mol. The fraction of sp³-hybridized carbons (Fsp3) is 0.455. The Labute approximate surface area is 83.6 Å². The first-order valence-electron chi connectivity index (χ1n) is 4.76. The molecule has 76 valence electrons. The van der Waals surface area contributed by atoms with E-state index in [-0.39, 0.29) is 6.10 Å². The second-order valence-electron chi connectivity index (χ2n) is 3.28. The minimum Gasteiger partial charge on any atom is -0.374 e. The van der Waals surface area contributed by atoms with E-state index in [4.69, 9.17) is 14.2 Å². The van der Waals surface area contributed by atoms with Crippen LogP contribution in [0, 0.1) is 0 Å². The maximum absolute atomic E-state index is 5.50. The van der Waals surface area contributed by atoms with Gasteiger partial charge in [-0.1, -0.05) is 30.3 Å². The summed E-state index contributed by atoms with van der Waals surface area (Å²) in [6.07, 6.45) is 0.110. The van der Waals surface area contributed by atoms with Crippen LogP contribution in [-0.2, 0) is 20.8 Å². The van der Waals surface area contributed by atoms with Crippen molar-refractivity contribution in [2.24, 2.45) is 0 Å². The van der Waals surface area contributed by atoms with E-state index < -0.39 is 0 Å². The standard InChI is InChI=1S/C11H14O3/c1-2-4-10(5-3-1)6-12-7-11-8-13-9-14-11/h1-5,11H,6-9H2. The van der Waals surface area contributed by atoms with Crippen LogP contribution in [-0.4, -0.2) is 26.1 Å². The molecule has 2 rings (SSSR count). The first-order chi connectivity index (χ1) is 6.95. The van der Waals surface area contributed by atoms with Crippen LogP contribution in [0.25, 0.3) is 0 Å². The molecule has 0 N–H and O–H groups in total. The van der Waals surface area contributed by atoms with Crippen molar-refractivity contribution in [3.05, 3.63) is 35.9 Å². The molecule has 14 heavy (non-hydrogen) atoms. The van der Waals surface area contributed by atoms with E-state index in [1.807, 2.05) is 30.3 Å². The van der Waals surface area contributed by atoms with E-state index >= 15 is 0 Å². The number of hydrogen-bond donors (Lipinski definition) is 0. The largest absolute Gasteiger partial charge is 0.374 e. The van der Waals surface area contributed by atoms with Crippen molar-refractivity contribution in [3.63, 3.8) is 0 Å². The van der Waals surface area contributed by atoms with Gasteiger partial charge in [0.15, 0.2) is 0 Å². The molecule has 3 heteroatoms. The van der Waals surface area contributed by atoms with Gasteiger partial charge in [0.2, 0.25) is 0 Å². The maximum atomic E-state index is 5.50. The number of benzene rings is 1. The highest BCUT2D eigenvalue weighted by atomic mass is 16.7. The van der Waals surface area contributed by atoms with Crippen LogP contribution in [0.15, 0.2) is 30.3 Å². The maximum Gasteiger partial charge on any atom is 0.147 e. The van der Waals surface area contributed by atoms with Crippen LogP contribution in [0.3, 0.4) is 0 Å². The zero-order valence-electron chi connectivity index (χ0n) is 8.02. The van der Waals surface area contributed by atoms with Gasteiger partial charge >= 0.3 is 0 Å². The van der Waals surface area contributed by atoms with Gasteiger partial charge in [-0.2, -0.15) is 0 Å². The zero-order valence-corrected chi connectivity index (χ0v) is 8.02. The molecule has 1 aromatic carbocycles. The van der Waals surface area contributed by atoms with Gasteiger partial charge in [0.1, 0.15) is 12.9 Å². The number of ether oxygens (including phenoxy) is 3. The Morgan fingerprint density at radius 2 is 2.14 bits per heavy atom. The third-order valence-electron chi connectivity index (χ3n) is 2.11. The predicted octanol–water partition coefficient (Wildman–Crippen LogP) is 1.58. The number of rotatable bonds is 4. The van der Waals surface area contributed by atoms with Crippen molar-refractivity contribution in [1.29, 1.82) is 0 Å². The average molecular weight is 194 g/mol. The van der Waals surface area contributed by atoms with E-state index in [0.717, 1.165) is 0 Å². The summed E-state index contributed by atoms with van der Waals surface area (Å²) in [5.41, 5.74) is 1.19. The fourth-order valence-corrected chi connectivity index (χ4v) is 1.35. The Bertz CT molecular complexity index is 254. The fourth-order valence-electron chi connectivity index (χ4n) is 1.35. The van der Waals surface area contributed by atoms with Gasteiger partial charge in [-0.15, -0.1) is 0 Å². The third-order valence-corrected chi connectivity index (χ3v) is 2.11. The van der Waals surface area contributed by atoms with Crippen LogP contribution in [0.5, 0.6) is 0 Å². The van der Waals surface area contributed by atoms with Gasteiger partial charge in [-0.25, -0.2) is 0 Å². The summed E-state index contributed by atoms with van der Waals surface area (Å²) in [4.78, 5) is 0. The molecular weight excluding hydrogens is 180 g/mol. The minimum absolute atomic E-state index is 0.110. The lowest BCUT2D eigenvalue weighted by atomic mass is 10.2. The lowest BCUT2D eigenvalue weighted by Crippen LogP contribution is -2.17. The molecule has 1 aliphatic rings. The molecule has 0 aliphatic carbocycles. The topological polar surface area (TPSA) is 27.7 Å². The SMILES string of the molecule is c1ccc(COCC2COCO2)cc1. The summed E-state index contributed by atoms with van der Waals surface area (Å²) in [5.74, 6) is 0. The molecule has 0 radical (unpaired) electrons. The van der Waals surface area contributed by atoms with E-state index in [0.29, 0.717) is 26.6 Å². The Kier molecular flexibility index (Phi) is 3.51. The lowest BCUT2D eigenvalue weighted by Gasteiger charge is -2.08. The van der Waals surface area contributed by atoms with E-state index in [1.54, 1.807) is 0 Å². The van der Waals surface area contributed by atoms with Crippen LogP contribution >= 0.6 is 0 Å². The van der Waals surface area contributed by atoms with Crippen LogP contribution in [0.2, 0.25) is 0 Å². The average Bonchev–Trinajstić information content (AvgIpc) is 2.72. The highest BCUT2D eigenvalue weighted by molar-refractivity contribution is 5.13. The Hall–Kier alpha value is -0.900. The summed E-state index contributed by atoms with van der Waals surface area (Å²) < 4.78 is 15.8. The van der Waals surface area contributed by atoms with E-state index in [2.05, 4.69) is 0 Å². The van der Waals surface area contributed by atoms with Crippen molar-refractivity contribution in [2.45, 2.75) is 12.7 Å².